The zero-order valence-electron chi connectivity index (χ0n) is 14.0. The van der Waals surface area contributed by atoms with Crippen LogP contribution in [0.4, 0.5) is 0 Å². The van der Waals surface area contributed by atoms with E-state index in [4.69, 9.17) is 4.74 Å². The topological polar surface area (TPSA) is 32.8 Å². The molecule has 2 rings (SSSR count). The third-order valence-electron chi connectivity index (χ3n) is 4.17. The zero-order valence-corrected chi connectivity index (χ0v) is 14.0. The van der Waals surface area contributed by atoms with Crippen molar-refractivity contribution >= 4 is 5.91 Å². The van der Waals surface area contributed by atoms with Crippen molar-refractivity contribution in [3.05, 3.63) is 29.8 Å². The second-order valence-electron chi connectivity index (χ2n) is 5.99. The van der Waals surface area contributed by atoms with Crippen molar-refractivity contribution in [2.24, 2.45) is 0 Å². The second kappa shape index (κ2) is 8.18. The molecule has 22 heavy (non-hydrogen) atoms. The van der Waals surface area contributed by atoms with Crippen LogP contribution in [0.3, 0.4) is 0 Å². The first-order valence-corrected chi connectivity index (χ1v) is 8.38. The average molecular weight is 304 g/mol. The van der Waals surface area contributed by atoms with E-state index in [9.17, 15) is 4.79 Å². The van der Waals surface area contributed by atoms with Gasteiger partial charge in [0.05, 0.1) is 0 Å². The maximum atomic E-state index is 12.6. The van der Waals surface area contributed by atoms with Crippen molar-refractivity contribution in [2.75, 3.05) is 32.7 Å². The molecule has 1 heterocycles. The van der Waals surface area contributed by atoms with Crippen molar-refractivity contribution in [2.45, 2.75) is 39.7 Å². The summed E-state index contributed by atoms with van der Waals surface area (Å²) < 4.78 is 5.90. The molecule has 4 heteroatoms. The van der Waals surface area contributed by atoms with Gasteiger partial charge in [-0.05, 0) is 38.4 Å². The van der Waals surface area contributed by atoms with Crippen LogP contribution in [0.15, 0.2) is 24.3 Å². The smallest absolute Gasteiger partial charge is 0.263 e. The Morgan fingerprint density at radius 1 is 1.14 bits per heavy atom. The van der Waals surface area contributed by atoms with E-state index in [1.54, 1.807) is 0 Å². The van der Waals surface area contributed by atoms with Crippen LogP contribution in [0.5, 0.6) is 5.75 Å². The average Bonchev–Trinajstić information content (AvgIpc) is 2.55. The SMILES string of the molecule is CCCN1CCN(C(=O)C(CC)Oc2ccc(C)cc2)CC1. The van der Waals surface area contributed by atoms with Gasteiger partial charge >= 0.3 is 0 Å². The Morgan fingerprint density at radius 3 is 2.32 bits per heavy atom. The maximum Gasteiger partial charge on any atom is 0.263 e. The molecule has 122 valence electrons. The highest BCUT2D eigenvalue weighted by Crippen LogP contribution is 2.16. The summed E-state index contributed by atoms with van der Waals surface area (Å²) in [6, 6.07) is 7.89. The molecule has 1 fully saturated rings. The highest BCUT2D eigenvalue weighted by Gasteiger charge is 2.27. The van der Waals surface area contributed by atoms with E-state index in [2.05, 4.69) is 11.8 Å². The minimum atomic E-state index is -0.375. The molecular weight excluding hydrogens is 276 g/mol. The number of amides is 1. The van der Waals surface area contributed by atoms with Crippen molar-refractivity contribution in [1.29, 1.82) is 0 Å². The predicted octanol–water partition coefficient (Wildman–Crippen LogP) is 2.71. The van der Waals surface area contributed by atoms with Gasteiger partial charge in [0.2, 0.25) is 0 Å². The molecule has 1 aromatic carbocycles. The molecule has 0 spiro atoms. The number of hydrogen-bond donors (Lipinski definition) is 0. The standard InChI is InChI=1S/C18H28N2O2/c1-4-10-19-11-13-20(14-12-19)18(21)17(5-2)22-16-8-6-15(3)7-9-16/h6-9,17H,4-5,10-14H2,1-3H3. The number of benzene rings is 1. The number of hydrogen-bond acceptors (Lipinski definition) is 3. The number of carbonyl (C=O) groups excluding carboxylic acids is 1. The van der Waals surface area contributed by atoms with Crippen LogP contribution in [0, 0.1) is 6.92 Å². The monoisotopic (exact) mass is 304 g/mol. The van der Waals surface area contributed by atoms with Crippen molar-refractivity contribution in [3.63, 3.8) is 0 Å². The first-order chi connectivity index (χ1) is 10.6. The Morgan fingerprint density at radius 2 is 1.77 bits per heavy atom. The van der Waals surface area contributed by atoms with E-state index in [-0.39, 0.29) is 12.0 Å². The highest BCUT2D eigenvalue weighted by atomic mass is 16.5. The third kappa shape index (κ3) is 4.47. The lowest BCUT2D eigenvalue weighted by Gasteiger charge is -2.36. The van der Waals surface area contributed by atoms with E-state index in [1.165, 1.54) is 12.0 Å². The summed E-state index contributed by atoms with van der Waals surface area (Å²) in [6.45, 7) is 10.9. The molecular formula is C18H28N2O2. The van der Waals surface area contributed by atoms with E-state index in [0.29, 0.717) is 6.42 Å². The van der Waals surface area contributed by atoms with Crippen LogP contribution in [-0.2, 0) is 4.79 Å². The molecule has 1 aliphatic rings. The van der Waals surface area contributed by atoms with E-state index in [1.807, 2.05) is 43.0 Å². The molecule has 0 saturated carbocycles. The van der Waals surface area contributed by atoms with E-state index < -0.39 is 0 Å². The molecule has 0 radical (unpaired) electrons. The van der Waals surface area contributed by atoms with E-state index >= 15 is 0 Å². The fourth-order valence-electron chi connectivity index (χ4n) is 2.80. The highest BCUT2D eigenvalue weighted by molar-refractivity contribution is 5.81. The van der Waals surface area contributed by atoms with Gasteiger partial charge in [0.1, 0.15) is 5.75 Å². The van der Waals surface area contributed by atoms with Crippen molar-refractivity contribution in [1.82, 2.24) is 9.80 Å². The Labute approximate surface area is 134 Å². The number of carbonyl (C=O) groups is 1. The van der Waals surface area contributed by atoms with Crippen LogP contribution >= 0.6 is 0 Å². The zero-order chi connectivity index (χ0) is 15.9. The predicted molar refractivity (Wildman–Crippen MR) is 89.2 cm³/mol. The number of nitrogens with zero attached hydrogens (tertiary/aromatic N) is 2. The molecule has 0 aromatic heterocycles. The lowest BCUT2D eigenvalue weighted by atomic mass is 10.2. The second-order valence-corrected chi connectivity index (χ2v) is 5.99. The molecule has 1 atom stereocenters. The molecule has 1 aliphatic heterocycles. The number of rotatable bonds is 6. The van der Waals surface area contributed by atoms with Gasteiger partial charge in [-0.1, -0.05) is 31.5 Å². The minimum Gasteiger partial charge on any atom is -0.481 e. The molecule has 0 bridgehead atoms. The van der Waals surface area contributed by atoms with Gasteiger partial charge in [0, 0.05) is 26.2 Å². The molecule has 1 unspecified atom stereocenters. The Bertz CT molecular complexity index is 464. The summed E-state index contributed by atoms with van der Waals surface area (Å²) in [7, 11) is 0. The summed E-state index contributed by atoms with van der Waals surface area (Å²) in [4.78, 5) is 17.0. The van der Waals surface area contributed by atoms with Gasteiger partial charge in [0.15, 0.2) is 6.10 Å². The first-order valence-electron chi connectivity index (χ1n) is 8.38. The van der Waals surface area contributed by atoms with Crippen LogP contribution in [0.25, 0.3) is 0 Å². The molecule has 4 nitrogen and oxygen atoms in total. The fourth-order valence-corrected chi connectivity index (χ4v) is 2.80. The van der Waals surface area contributed by atoms with Crippen LogP contribution in [-0.4, -0.2) is 54.5 Å². The Hall–Kier alpha value is -1.55. The van der Waals surface area contributed by atoms with Gasteiger partial charge in [-0.3, -0.25) is 9.69 Å². The van der Waals surface area contributed by atoms with Gasteiger partial charge < -0.3 is 9.64 Å². The van der Waals surface area contributed by atoms with Crippen molar-refractivity contribution < 1.29 is 9.53 Å². The summed E-state index contributed by atoms with van der Waals surface area (Å²) >= 11 is 0. The molecule has 1 aromatic rings. The molecule has 0 N–H and O–H groups in total. The summed E-state index contributed by atoms with van der Waals surface area (Å²) in [6.07, 6.45) is 1.49. The van der Waals surface area contributed by atoms with Gasteiger partial charge in [-0.2, -0.15) is 0 Å². The summed E-state index contributed by atoms with van der Waals surface area (Å²) in [5.41, 5.74) is 1.19. The van der Waals surface area contributed by atoms with E-state index in [0.717, 1.165) is 38.5 Å². The molecule has 1 amide bonds. The number of aryl methyl sites for hydroxylation is 1. The Kier molecular flexibility index (Phi) is 6.25. The minimum absolute atomic E-state index is 0.124. The van der Waals surface area contributed by atoms with Gasteiger partial charge in [-0.25, -0.2) is 0 Å². The number of ether oxygens (including phenoxy) is 1. The Balaban J connectivity index is 1.90. The lowest BCUT2D eigenvalue weighted by molar-refractivity contribution is -0.140. The normalized spacial score (nSPS) is 17.3. The largest absolute Gasteiger partial charge is 0.481 e. The quantitative estimate of drug-likeness (QED) is 0.810. The van der Waals surface area contributed by atoms with Crippen LogP contribution in [0.1, 0.15) is 32.3 Å². The third-order valence-corrected chi connectivity index (χ3v) is 4.17. The lowest BCUT2D eigenvalue weighted by Crippen LogP contribution is -2.52. The maximum absolute atomic E-state index is 12.6. The summed E-state index contributed by atoms with van der Waals surface area (Å²) in [5.74, 6) is 0.898. The molecule has 1 saturated heterocycles. The van der Waals surface area contributed by atoms with Gasteiger partial charge in [-0.15, -0.1) is 0 Å². The van der Waals surface area contributed by atoms with Gasteiger partial charge in [0.25, 0.3) is 5.91 Å². The number of piperazine rings is 1. The summed E-state index contributed by atoms with van der Waals surface area (Å²) in [5, 5.41) is 0. The van der Waals surface area contributed by atoms with Crippen molar-refractivity contribution in [3.8, 4) is 5.75 Å². The first kappa shape index (κ1) is 16.8. The van der Waals surface area contributed by atoms with Crippen LogP contribution < -0.4 is 4.74 Å². The molecule has 0 aliphatic carbocycles. The van der Waals surface area contributed by atoms with Crippen LogP contribution in [0.2, 0.25) is 0 Å². The fraction of sp³-hybridized carbons (Fsp3) is 0.611.